The highest BCUT2D eigenvalue weighted by Gasteiger charge is 2.28. The average molecular weight is 224 g/mol. The molecular formula is C7H16N2O4S. The number of hydrogen-bond donors (Lipinski definition) is 3. The lowest BCUT2D eigenvalue weighted by Gasteiger charge is -2.16. The number of rotatable bonds is 6. The first-order valence-electron chi connectivity index (χ1n) is 4.29. The number of carboxylic acid groups (broad SMARTS) is 1. The maximum atomic E-state index is 11.4. The van der Waals surface area contributed by atoms with E-state index >= 15 is 0 Å². The normalized spacial score (nSPS) is 16.2. The fourth-order valence-electron chi connectivity index (χ4n) is 0.765. The molecule has 84 valence electrons. The van der Waals surface area contributed by atoms with Crippen molar-refractivity contribution in [1.29, 1.82) is 0 Å². The quantitative estimate of drug-likeness (QED) is 0.542. The Morgan fingerprint density at radius 3 is 2.36 bits per heavy atom. The molecule has 0 heterocycles. The van der Waals surface area contributed by atoms with Crippen molar-refractivity contribution in [2.45, 2.75) is 31.6 Å². The van der Waals surface area contributed by atoms with Crippen LogP contribution >= 0.6 is 0 Å². The molecule has 0 aliphatic rings. The van der Waals surface area contributed by atoms with Crippen LogP contribution in [0.25, 0.3) is 0 Å². The van der Waals surface area contributed by atoms with E-state index in [1.165, 1.54) is 0 Å². The predicted octanol–water partition coefficient (Wildman–Crippen LogP) is -0.884. The number of carbonyl (C=O) groups is 1. The largest absolute Gasteiger partial charge is 0.480 e. The number of carboxylic acids is 1. The van der Waals surface area contributed by atoms with Crippen molar-refractivity contribution in [3.63, 3.8) is 0 Å². The van der Waals surface area contributed by atoms with Crippen LogP contribution in [-0.4, -0.2) is 37.3 Å². The summed E-state index contributed by atoms with van der Waals surface area (Å²) < 4.78 is 24.9. The smallest absolute Gasteiger partial charge is 0.323 e. The number of nitrogens with one attached hydrogen (secondary N) is 1. The first kappa shape index (κ1) is 13.3. The van der Waals surface area contributed by atoms with E-state index in [0.29, 0.717) is 6.42 Å². The van der Waals surface area contributed by atoms with Gasteiger partial charge in [-0.1, -0.05) is 6.92 Å². The maximum absolute atomic E-state index is 11.4. The lowest BCUT2D eigenvalue weighted by atomic mass is 10.2. The minimum absolute atomic E-state index is 0.155. The SMILES string of the molecule is CCC(CN)NS(=O)(=O)C(C)C(=O)O. The third kappa shape index (κ3) is 3.60. The summed E-state index contributed by atoms with van der Waals surface area (Å²) >= 11 is 0. The lowest BCUT2D eigenvalue weighted by Crippen LogP contribution is -2.45. The molecule has 0 radical (unpaired) electrons. The van der Waals surface area contributed by atoms with Gasteiger partial charge in [0.1, 0.15) is 0 Å². The van der Waals surface area contributed by atoms with Gasteiger partial charge in [-0.05, 0) is 13.3 Å². The van der Waals surface area contributed by atoms with Gasteiger partial charge in [0.15, 0.2) is 5.25 Å². The Hall–Kier alpha value is -0.660. The molecule has 0 aliphatic carbocycles. The van der Waals surface area contributed by atoms with Gasteiger partial charge in [-0.3, -0.25) is 4.79 Å². The fraction of sp³-hybridized carbons (Fsp3) is 0.857. The van der Waals surface area contributed by atoms with Crippen molar-refractivity contribution in [2.24, 2.45) is 5.73 Å². The number of hydrogen-bond acceptors (Lipinski definition) is 4. The lowest BCUT2D eigenvalue weighted by molar-refractivity contribution is -0.136. The second-order valence-corrected chi connectivity index (χ2v) is 5.02. The first-order valence-corrected chi connectivity index (χ1v) is 5.83. The van der Waals surface area contributed by atoms with Gasteiger partial charge in [-0.15, -0.1) is 0 Å². The Balaban J connectivity index is 4.56. The molecule has 0 aromatic carbocycles. The van der Waals surface area contributed by atoms with Crippen LogP contribution in [0.1, 0.15) is 20.3 Å². The maximum Gasteiger partial charge on any atom is 0.323 e. The zero-order valence-corrected chi connectivity index (χ0v) is 9.04. The Morgan fingerprint density at radius 2 is 2.07 bits per heavy atom. The highest BCUT2D eigenvalue weighted by atomic mass is 32.2. The number of nitrogens with two attached hydrogens (primary N) is 1. The molecule has 6 nitrogen and oxygen atoms in total. The van der Waals surface area contributed by atoms with Crippen molar-refractivity contribution in [3.8, 4) is 0 Å². The molecule has 0 saturated carbocycles. The summed E-state index contributed by atoms with van der Waals surface area (Å²) in [5.41, 5.74) is 5.29. The van der Waals surface area contributed by atoms with E-state index in [9.17, 15) is 13.2 Å². The fourth-order valence-corrected chi connectivity index (χ4v) is 1.96. The van der Waals surface area contributed by atoms with Gasteiger partial charge in [0.2, 0.25) is 10.0 Å². The standard InChI is InChI=1S/C7H16N2O4S/c1-3-6(4-8)9-14(12,13)5(2)7(10)11/h5-6,9H,3-4,8H2,1-2H3,(H,10,11). The second kappa shape index (κ2) is 5.28. The summed E-state index contributed by atoms with van der Waals surface area (Å²) in [7, 11) is -3.81. The van der Waals surface area contributed by atoms with Gasteiger partial charge in [0, 0.05) is 12.6 Å². The topological polar surface area (TPSA) is 109 Å². The van der Waals surface area contributed by atoms with E-state index in [1.807, 2.05) is 0 Å². The molecule has 14 heavy (non-hydrogen) atoms. The van der Waals surface area contributed by atoms with Gasteiger partial charge >= 0.3 is 5.97 Å². The minimum atomic E-state index is -3.81. The third-order valence-corrected chi connectivity index (χ3v) is 3.72. The average Bonchev–Trinajstić information content (AvgIpc) is 2.12. The van der Waals surface area contributed by atoms with Crippen molar-refractivity contribution < 1.29 is 18.3 Å². The molecule has 0 spiro atoms. The molecular weight excluding hydrogens is 208 g/mol. The van der Waals surface area contributed by atoms with Crippen molar-refractivity contribution in [1.82, 2.24) is 4.72 Å². The van der Waals surface area contributed by atoms with E-state index in [-0.39, 0.29) is 6.54 Å². The summed E-state index contributed by atoms with van der Waals surface area (Å²) in [6.45, 7) is 3.04. The van der Waals surface area contributed by atoms with Crippen molar-refractivity contribution in [3.05, 3.63) is 0 Å². The van der Waals surface area contributed by atoms with Crippen molar-refractivity contribution >= 4 is 16.0 Å². The summed E-state index contributed by atoms with van der Waals surface area (Å²) in [6.07, 6.45) is 0.530. The Labute approximate surface area is 83.5 Å². The molecule has 0 rings (SSSR count). The van der Waals surface area contributed by atoms with E-state index in [2.05, 4.69) is 4.72 Å². The van der Waals surface area contributed by atoms with Gasteiger partial charge in [-0.2, -0.15) is 0 Å². The summed E-state index contributed by atoms with van der Waals surface area (Å²) in [6, 6.07) is -0.401. The van der Waals surface area contributed by atoms with Gasteiger partial charge in [-0.25, -0.2) is 13.1 Å². The van der Waals surface area contributed by atoms with Crippen molar-refractivity contribution in [2.75, 3.05) is 6.54 Å². The van der Waals surface area contributed by atoms with Crippen LogP contribution in [0.15, 0.2) is 0 Å². The van der Waals surface area contributed by atoms with Crippen LogP contribution < -0.4 is 10.5 Å². The second-order valence-electron chi connectivity index (χ2n) is 2.98. The zero-order chi connectivity index (χ0) is 11.4. The van der Waals surface area contributed by atoms with Crippen LogP contribution in [-0.2, 0) is 14.8 Å². The zero-order valence-electron chi connectivity index (χ0n) is 8.23. The number of aliphatic carboxylic acids is 1. The van der Waals surface area contributed by atoms with Crippen LogP contribution in [0.3, 0.4) is 0 Å². The first-order chi connectivity index (χ1) is 6.35. The molecule has 0 aromatic rings. The summed E-state index contributed by atoms with van der Waals surface area (Å²) in [5.74, 6) is -1.37. The van der Waals surface area contributed by atoms with Crippen LogP contribution in [0.2, 0.25) is 0 Å². The highest BCUT2D eigenvalue weighted by molar-refractivity contribution is 7.90. The van der Waals surface area contributed by atoms with Crippen LogP contribution in [0, 0.1) is 0 Å². The molecule has 4 N–H and O–H groups in total. The molecule has 0 bridgehead atoms. The number of sulfonamides is 1. The molecule has 2 unspecified atom stereocenters. The van der Waals surface area contributed by atoms with Crippen LogP contribution in [0.4, 0.5) is 0 Å². The van der Waals surface area contributed by atoms with E-state index in [0.717, 1.165) is 6.92 Å². The predicted molar refractivity (Wildman–Crippen MR) is 52.3 cm³/mol. The molecule has 7 heteroatoms. The third-order valence-electron chi connectivity index (χ3n) is 1.92. The minimum Gasteiger partial charge on any atom is -0.480 e. The van der Waals surface area contributed by atoms with E-state index < -0.39 is 27.3 Å². The Kier molecular flexibility index (Phi) is 5.03. The molecule has 0 amide bonds. The van der Waals surface area contributed by atoms with Crippen LogP contribution in [0.5, 0.6) is 0 Å². The Bertz CT molecular complexity index is 284. The van der Waals surface area contributed by atoms with Gasteiger partial charge < -0.3 is 10.8 Å². The molecule has 2 atom stereocenters. The molecule has 0 fully saturated rings. The molecule has 0 aliphatic heterocycles. The summed E-state index contributed by atoms with van der Waals surface area (Å²) in [5, 5.41) is 7.07. The van der Waals surface area contributed by atoms with E-state index in [1.54, 1.807) is 6.92 Å². The molecule has 0 aromatic heterocycles. The Morgan fingerprint density at radius 1 is 1.57 bits per heavy atom. The van der Waals surface area contributed by atoms with E-state index in [4.69, 9.17) is 10.8 Å². The molecule has 0 saturated heterocycles. The monoisotopic (exact) mass is 224 g/mol. The van der Waals surface area contributed by atoms with Gasteiger partial charge in [0.25, 0.3) is 0 Å². The summed E-state index contributed by atoms with van der Waals surface area (Å²) in [4.78, 5) is 10.5. The van der Waals surface area contributed by atoms with Gasteiger partial charge in [0.05, 0.1) is 0 Å². The highest BCUT2D eigenvalue weighted by Crippen LogP contribution is 2.01.